The number of benzene rings is 1. The van der Waals surface area contributed by atoms with Crippen LogP contribution in [0.25, 0.3) is 10.8 Å². The number of ether oxygens (including phenoxy) is 2. The first-order valence-corrected chi connectivity index (χ1v) is 7.80. The SMILES string of the molecule is NC(=O)COC(=O)[C@H]1C[C@H](Oc2ccc3cnccc3c2)CCN1. The minimum absolute atomic E-state index is 0.100. The molecule has 1 amide bonds. The minimum atomic E-state index is -0.669. The highest BCUT2D eigenvalue weighted by Gasteiger charge is 2.29. The van der Waals surface area contributed by atoms with Gasteiger partial charge in [-0.1, -0.05) is 0 Å². The van der Waals surface area contributed by atoms with Crippen molar-refractivity contribution in [3.8, 4) is 5.75 Å². The number of nitrogens with zero attached hydrogens (tertiary/aromatic N) is 1. The Morgan fingerprint density at radius 2 is 2.17 bits per heavy atom. The molecular formula is C17H19N3O4. The number of nitrogens with two attached hydrogens (primary N) is 1. The topological polar surface area (TPSA) is 104 Å². The molecule has 24 heavy (non-hydrogen) atoms. The number of nitrogens with one attached hydrogen (secondary N) is 1. The molecule has 1 aromatic carbocycles. The van der Waals surface area contributed by atoms with E-state index in [1.54, 1.807) is 12.4 Å². The molecule has 0 radical (unpaired) electrons. The van der Waals surface area contributed by atoms with Gasteiger partial charge in [0.2, 0.25) is 0 Å². The smallest absolute Gasteiger partial charge is 0.323 e. The Balaban J connectivity index is 1.61. The Labute approximate surface area is 139 Å². The summed E-state index contributed by atoms with van der Waals surface area (Å²) < 4.78 is 10.9. The van der Waals surface area contributed by atoms with Gasteiger partial charge in [-0.25, -0.2) is 0 Å². The van der Waals surface area contributed by atoms with Crippen molar-refractivity contribution in [3.05, 3.63) is 36.7 Å². The van der Waals surface area contributed by atoms with Crippen molar-refractivity contribution in [3.63, 3.8) is 0 Å². The van der Waals surface area contributed by atoms with Crippen LogP contribution in [0.3, 0.4) is 0 Å². The molecule has 7 heteroatoms. The summed E-state index contributed by atoms with van der Waals surface area (Å²) in [7, 11) is 0. The third kappa shape index (κ3) is 3.99. The van der Waals surface area contributed by atoms with Crippen molar-refractivity contribution in [2.45, 2.75) is 25.0 Å². The van der Waals surface area contributed by atoms with Crippen molar-refractivity contribution < 1.29 is 19.1 Å². The summed E-state index contributed by atoms with van der Waals surface area (Å²) >= 11 is 0. The number of primary amides is 1. The fourth-order valence-corrected chi connectivity index (χ4v) is 2.74. The van der Waals surface area contributed by atoms with Gasteiger partial charge in [-0.05, 0) is 42.6 Å². The lowest BCUT2D eigenvalue weighted by molar-refractivity contribution is -0.151. The molecule has 7 nitrogen and oxygen atoms in total. The molecule has 1 aliphatic rings. The number of esters is 1. The van der Waals surface area contributed by atoms with Crippen molar-refractivity contribution in [2.75, 3.05) is 13.2 Å². The number of rotatable bonds is 5. The average molecular weight is 329 g/mol. The quantitative estimate of drug-likeness (QED) is 0.785. The van der Waals surface area contributed by atoms with Crippen LogP contribution in [-0.4, -0.2) is 42.2 Å². The van der Waals surface area contributed by atoms with E-state index in [1.807, 2.05) is 24.3 Å². The number of pyridine rings is 1. The maximum Gasteiger partial charge on any atom is 0.323 e. The number of hydrogen-bond acceptors (Lipinski definition) is 6. The van der Waals surface area contributed by atoms with Gasteiger partial charge in [-0.3, -0.25) is 14.6 Å². The second kappa shape index (κ2) is 7.27. The number of piperidine rings is 1. The van der Waals surface area contributed by atoms with Crippen molar-refractivity contribution in [1.29, 1.82) is 0 Å². The van der Waals surface area contributed by atoms with E-state index in [1.165, 1.54) is 0 Å². The molecule has 2 heterocycles. The molecule has 0 aliphatic carbocycles. The lowest BCUT2D eigenvalue weighted by Gasteiger charge is -2.29. The summed E-state index contributed by atoms with van der Waals surface area (Å²) in [5.41, 5.74) is 4.98. The molecule has 0 saturated carbocycles. The lowest BCUT2D eigenvalue weighted by Crippen LogP contribution is -2.48. The molecule has 2 aromatic rings. The Hall–Kier alpha value is -2.67. The van der Waals surface area contributed by atoms with E-state index < -0.39 is 24.5 Å². The zero-order chi connectivity index (χ0) is 16.9. The number of aromatic nitrogens is 1. The van der Waals surface area contributed by atoms with Crippen molar-refractivity contribution in [1.82, 2.24) is 10.3 Å². The zero-order valence-corrected chi connectivity index (χ0v) is 13.1. The van der Waals surface area contributed by atoms with E-state index in [2.05, 4.69) is 10.3 Å². The number of carbonyl (C=O) groups is 2. The van der Waals surface area contributed by atoms with Crippen LogP contribution in [0.2, 0.25) is 0 Å². The summed E-state index contributed by atoms with van der Waals surface area (Å²) in [6, 6.07) is 7.24. The number of fused-ring (bicyclic) bond motifs is 1. The maximum atomic E-state index is 11.9. The summed E-state index contributed by atoms with van der Waals surface area (Å²) in [4.78, 5) is 26.7. The van der Waals surface area contributed by atoms with Gasteiger partial charge >= 0.3 is 5.97 Å². The fraction of sp³-hybridized carbons (Fsp3) is 0.353. The van der Waals surface area contributed by atoms with Crippen LogP contribution in [0.1, 0.15) is 12.8 Å². The van der Waals surface area contributed by atoms with Gasteiger partial charge < -0.3 is 20.5 Å². The first kappa shape index (κ1) is 16.2. The van der Waals surface area contributed by atoms with Crippen LogP contribution in [0.4, 0.5) is 0 Å². The standard InChI is InChI=1S/C17H19N3O4/c18-16(21)10-23-17(22)15-8-14(4-6-20-15)24-13-2-1-12-9-19-5-3-11(12)7-13/h1-3,5,7,9,14-15,20H,4,6,8,10H2,(H2,18,21)/t14-,15-/m1/s1. The monoisotopic (exact) mass is 329 g/mol. The van der Waals surface area contributed by atoms with Gasteiger partial charge in [0.05, 0.1) is 0 Å². The van der Waals surface area contributed by atoms with Gasteiger partial charge in [0.15, 0.2) is 6.61 Å². The second-order valence-corrected chi connectivity index (χ2v) is 5.73. The summed E-state index contributed by atoms with van der Waals surface area (Å²) in [6.07, 6.45) is 4.70. The number of carbonyl (C=O) groups excluding carboxylic acids is 2. The van der Waals surface area contributed by atoms with Crippen molar-refractivity contribution >= 4 is 22.6 Å². The van der Waals surface area contributed by atoms with Crippen LogP contribution in [-0.2, 0) is 14.3 Å². The Morgan fingerprint density at radius 3 is 3.00 bits per heavy atom. The predicted octanol–water partition coefficient (Wildman–Crippen LogP) is 0.763. The Kier molecular flexibility index (Phi) is 4.90. The molecule has 1 saturated heterocycles. The predicted molar refractivity (Wildman–Crippen MR) is 87.3 cm³/mol. The highest BCUT2D eigenvalue weighted by atomic mass is 16.5. The lowest BCUT2D eigenvalue weighted by atomic mass is 10.0. The van der Waals surface area contributed by atoms with Crippen LogP contribution in [0.15, 0.2) is 36.7 Å². The van der Waals surface area contributed by atoms with Crippen LogP contribution in [0, 0.1) is 0 Å². The third-order valence-electron chi connectivity index (χ3n) is 3.91. The van der Waals surface area contributed by atoms with Gasteiger partial charge in [0.25, 0.3) is 5.91 Å². The number of hydrogen-bond donors (Lipinski definition) is 2. The minimum Gasteiger partial charge on any atom is -0.490 e. The molecule has 126 valence electrons. The molecule has 1 aliphatic heterocycles. The molecule has 1 aromatic heterocycles. The van der Waals surface area contributed by atoms with Gasteiger partial charge in [0, 0.05) is 24.2 Å². The molecule has 0 unspecified atom stereocenters. The molecule has 3 rings (SSSR count). The van der Waals surface area contributed by atoms with Crippen molar-refractivity contribution in [2.24, 2.45) is 5.73 Å². The molecular weight excluding hydrogens is 310 g/mol. The largest absolute Gasteiger partial charge is 0.490 e. The fourth-order valence-electron chi connectivity index (χ4n) is 2.74. The van der Waals surface area contributed by atoms with Gasteiger partial charge in [-0.15, -0.1) is 0 Å². The molecule has 0 bridgehead atoms. The highest BCUT2D eigenvalue weighted by Crippen LogP contribution is 2.23. The van der Waals surface area contributed by atoms with Gasteiger partial charge in [0.1, 0.15) is 17.9 Å². The van der Waals surface area contributed by atoms with Crippen LogP contribution >= 0.6 is 0 Å². The summed E-state index contributed by atoms with van der Waals surface area (Å²) in [5.74, 6) is -0.394. The third-order valence-corrected chi connectivity index (χ3v) is 3.91. The van der Waals surface area contributed by atoms with E-state index in [9.17, 15) is 9.59 Å². The van der Waals surface area contributed by atoms with Gasteiger partial charge in [-0.2, -0.15) is 0 Å². The average Bonchev–Trinajstić information content (AvgIpc) is 2.60. The second-order valence-electron chi connectivity index (χ2n) is 5.73. The van der Waals surface area contributed by atoms with E-state index in [0.717, 1.165) is 22.9 Å². The van der Waals surface area contributed by atoms with E-state index in [4.69, 9.17) is 15.2 Å². The number of amides is 1. The van der Waals surface area contributed by atoms with E-state index in [-0.39, 0.29) is 6.10 Å². The maximum absolute atomic E-state index is 11.9. The van der Waals surface area contributed by atoms with Crippen LogP contribution in [0.5, 0.6) is 5.75 Å². The normalized spacial score (nSPS) is 20.5. The highest BCUT2D eigenvalue weighted by molar-refractivity contribution is 5.83. The van der Waals surface area contributed by atoms with E-state index in [0.29, 0.717) is 13.0 Å². The van der Waals surface area contributed by atoms with Crippen LogP contribution < -0.4 is 15.8 Å². The zero-order valence-electron chi connectivity index (χ0n) is 13.1. The Bertz CT molecular complexity index is 749. The molecule has 2 atom stereocenters. The first-order valence-electron chi connectivity index (χ1n) is 7.80. The first-order chi connectivity index (χ1) is 11.6. The molecule has 3 N–H and O–H groups in total. The molecule has 0 spiro atoms. The summed E-state index contributed by atoms with van der Waals surface area (Å²) in [6.45, 7) is 0.236. The Morgan fingerprint density at radius 1 is 1.29 bits per heavy atom. The molecule has 1 fully saturated rings. The van der Waals surface area contributed by atoms with E-state index >= 15 is 0 Å². The summed E-state index contributed by atoms with van der Waals surface area (Å²) in [5, 5.41) is 5.17.